The van der Waals surface area contributed by atoms with Gasteiger partial charge in [-0.2, -0.15) is 0 Å². The summed E-state index contributed by atoms with van der Waals surface area (Å²) in [6, 6.07) is 9.44. The van der Waals surface area contributed by atoms with E-state index in [4.69, 9.17) is 11.6 Å². The van der Waals surface area contributed by atoms with E-state index in [9.17, 15) is 0 Å². The summed E-state index contributed by atoms with van der Waals surface area (Å²) in [6.07, 6.45) is 7.00. The van der Waals surface area contributed by atoms with Crippen molar-refractivity contribution in [3.63, 3.8) is 0 Å². The van der Waals surface area contributed by atoms with Crippen LogP contribution < -0.4 is 0 Å². The Hall–Kier alpha value is -0.750. The predicted octanol–water partition coefficient (Wildman–Crippen LogP) is 3.68. The molecule has 2 rings (SSSR count). The van der Waals surface area contributed by atoms with Crippen LogP contribution in [0, 0.1) is 0 Å². The maximum absolute atomic E-state index is 5.54. The van der Waals surface area contributed by atoms with Gasteiger partial charge in [-0.1, -0.05) is 42.0 Å². The quantitative estimate of drug-likeness (QED) is 0.516. The van der Waals surface area contributed by atoms with E-state index in [1.54, 1.807) is 0 Å². The summed E-state index contributed by atoms with van der Waals surface area (Å²) in [4.78, 5) is 0. The molecule has 0 aromatic heterocycles. The molecule has 1 aromatic rings. The zero-order valence-electron chi connectivity index (χ0n) is 6.33. The van der Waals surface area contributed by atoms with Gasteiger partial charge < -0.3 is 0 Å². The highest BCUT2D eigenvalue weighted by atomic mass is 35.5. The molecule has 0 aliphatic heterocycles. The van der Waals surface area contributed by atoms with Crippen molar-refractivity contribution < 1.29 is 0 Å². The highest BCUT2D eigenvalue weighted by Crippen LogP contribution is 2.03. The zero-order valence-corrected chi connectivity index (χ0v) is 7.09. The molecule has 0 N–H and O–H groups in total. The number of hydrogen-bond acceptors (Lipinski definition) is 0. The molecule has 0 heterocycles. The molecule has 0 spiro atoms. The highest BCUT2D eigenvalue weighted by Gasteiger charge is 1.81. The van der Waals surface area contributed by atoms with E-state index in [2.05, 4.69) is 12.2 Å². The van der Waals surface area contributed by atoms with Crippen molar-refractivity contribution in [2.75, 3.05) is 0 Å². The second kappa shape index (κ2) is 4.97. The molecule has 11 heavy (non-hydrogen) atoms. The van der Waals surface area contributed by atoms with Gasteiger partial charge in [-0.3, -0.25) is 0 Å². The summed E-state index contributed by atoms with van der Waals surface area (Å²) in [7, 11) is 0. The molecule has 1 aliphatic rings. The van der Waals surface area contributed by atoms with Crippen LogP contribution in [0.15, 0.2) is 42.5 Å². The molecule has 0 bridgehead atoms. The maximum Gasteiger partial charge on any atom is 0.0405 e. The highest BCUT2D eigenvalue weighted by molar-refractivity contribution is 6.30. The SMILES string of the molecule is C1=CCC1.Clc1ccccc1. The van der Waals surface area contributed by atoms with E-state index >= 15 is 0 Å². The third-order valence-corrected chi connectivity index (χ3v) is 1.65. The van der Waals surface area contributed by atoms with E-state index in [1.807, 2.05) is 30.3 Å². The molecular weight excluding hydrogens is 156 g/mol. The molecule has 1 aliphatic carbocycles. The van der Waals surface area contributed by atoms with Crippen molar-refractivity contribution >= 4 is 11.6 Å². The topological polar surface area (TPSA) is 0 Å². The minimum Gasteiger partial charge on any atom is -0.0882 e. The van der Waals surface area contributed by atoms with Crippen LogP contribution in [-0.4, -0.2) is 0 Å². The van der Waals surface area contributed by atoms with Crippen LogP contribution >= 0.6 is 11.6 Å². The molecule has 0 saturated heterocycles. The predicted molar refractivity (Wildman–Crippen MR) is 49.8 cm³/mol. The van der Waals surface area contributed by atoms with Gasteiger partial charge in [-0.05, 0) is 25.0 Å². The van der Waals surface area contributed by atoms with Gasteiger partial charge in [0.25, 0.3) is 0 Å². The van der Waals surface area contributed by atoms with Crippen molar-refractivity contribution in [2.24, 2.45) is 0 Å². The Labute approximate surface area is 72.5 Å². The Morgan fingerprint density at radius 3 is 1.55 bits per heavy atom. The van der Waals surface area contributed by atoms with Gasteiger partial charge in [-0.25, -0.2) is 0 Å². The largest absolute Gasteiger partial charge is 0.0882 e. The van der Waals surface area contributed by atoms with Gasteiger partial charge in [0.1, 0.15) is 0 Å². The molecule has 1 heteroatoms. The Balaban J connectivity index is 0.000000128. The number of benzene rings is 1. The van der Waals surface area contributed by atoms with Crippen molar-refractivity contribution in [1.82, 2.24) is 0 Å². The molecule has 1 aromatic carbocycles. The molecule has 0 amide bonds. The van der Waals surface area contributed by atoms with E-state index in [-0.39, 0.29) is 0 Å². The third kappa shape index (κ3) is 3.84. The van der Waals surface area contributed by atoms with E-state index in [0.29, 0.717) is 0 Å². The molecule has 0 unspecified atom stereocenters. The van der Waals surface area contributed by atoms with Gasteiger partial charge >= 0.3 is 0 Å². The van der Waals surface area contributed by atoms with E-state index < -0.39 is 0 Å². The summed E-state index contributed by atoms with van der Waals surface area (Å²) in [5.74, 6) is 0. The standard InChI is InChI=1S/C6H5Cl.C4H6/c7-6-4-2-1-3-5-6;1-2-4-3-1/h1-5H;1-2H,3-4H2. The van der Waals surface area contributed by atoms with Gasteiger partial charge in [0, 0.05) is 5.02 Å². The zero-order chi connectivity index (χ0) is 7.94. The fourth-order valence-corrected chi connectivity index (χ4v) is 0.727. The minimum atomic E-state index is 0.794. The summed E-state index contributed by atoms with van der Waals surface area (Å²) >= 11 is 5.54. The first-order chi connectivity index (χ1) is 5.39. The van der Waals surface area contributed by atoms with Crippen LogP contribution in [0.2, 0.25) is 5.02 Å². The maximum atomic E-state index is 5.54. The summed E-state index contributed by atoms with van der Waals surface area (Å²) in [5.41, 5.74) is 0. The molecular formula is C10H11Cl. The third-order valence-electron chi connectivity index (χ3n) is 1.40. The van der Waals surface area contributed by atoms with Crippen LogP contribution in [0.25, 0.3) is 0 Å². The summed E-state index contributed by atoms with van der Waals surface area (Å²) < 4.78 is 0. The first-order valence-electron chi connectivity index (χ1n) is 3.75. The number of halogens is 1. The summed E-state index contributed by atoms with van der Waals surface area (Å²) in [5, 5.41) is 0.794. The van der Waals surface area contributed by atoms with Crippen LogP contribution in [0.5, 0.6) is 0 Å². The molecule has 0 radical (unpaired) electrons. The molecule has 0 atom stereocenters. The van der Waals surface area contributed by atoms with Gasteiger partial charge in [0.2, 0.25) is 0 Å². The Kier molecular flexibility index (Phi) is 3.77. The van der Waals surface area contributed by atoms with Crippen molar-refractivity contribution in [1.29, 1.82) is 0 Å². The van der Waals surface area contributed by atoms with Crippen molar-refractivity contribution in [3.05, 3.63) is 47.5 Å². The van der Waals surface area contributed by atoms with Gasteiger partial charge in [0.15, 0.2) is 0 Å². The van der Waals surface area contributed by atoms with E-state index in [1.165, 1.54) is 12.8 Å². The lowest BCUT2D eigenvalue weighted by atomic mass is 10.1. The lowest BCUT2D eigenvalue weighted by molar-refractivity contribution is 0.962. The lowest BCUT2D eigenvalue weighted by Gasteiger charge is -1.92. The van der Waals surface area contributed by atoms with Crippen molar-refractivity contribution in [3.8, 4) is 0 Å². The van der Waals surface area contributed by atoms with Crippen LogP contribution in [0.4, 0.5) is 0 Å². The first kappa shape index (κ1) is 8.35. The van der Waals surface area contributed by atoms with Gasteiger partial charge in [-0.15, -0.1) is 0 Å². The molecule has 0 fully saturated rings. The minimum absolute atomic E-state index is 0.794. The van der Waals surface area contributed by atoms with Crippen LogP contribution in [0.1, 0.15) is 12.8 Å². The molecule has 0 saturated carbocycles. The Bertz CT molecular complexity index is 208. The van der Waals surface area contributed by atoms with Crippen molar-refractivity contribution in [2.45, 2.75) is 12.8 Å². The fourth-order valence-electron chi connectivity index (χ4n) is 0.581. The average molecular weight is 167 g/mol. The smallest absolute Gasteiger partial charge is 0.0405 e. The monoisotopic (exact) mass is 166 g/mol. The van der Waals surface area contributed by atoms with Gasteiger partial charge in [0.05, 0.1) is 0 Å². The first-order valence-corrected chi connectivity index (χ1v) is 4.13. The van der Waals surface area contributed by atoms with Crippen LogP contribution in [-0.2, 0) is 0 Å². The number of hydrogen-bond donors (Lipinski definition) is 0. The van der Waals surface area contributed by atoms with Crippen LogP contribution in [0.3, 0.4) is 0 Å². The summed E-state index contributed by atoms with van der Waals surface area (Å²) in [6.45, 7) is 0. The Morgan fingerprint density at radius 2 is 1.36 bits per heavy atom. The second-order valence-electron chi connectivity index (χ2n) is 2.34. The number of allylic oxidation sites excluding steroid dienone is 2. The Morgan fingerprint density at radius 1 is 0.909 bits per heavy atom. The molecule has 58 valence electrons. The second-order valence-corrected chi connectivity index (χ2v) is 2.78. The fraction of sp³-hybridized carbons (Fsp3) is 0.200. The number of rotatable bonds is 0. The lowest BCUT2D eigenvalue weighted by Crippen LogP contribution is -1.71. The normalized spacial score (nSPS) is 12.8. The van der Waals surface area contributed by atoms with E-state index in [0.717, 1.165) is 5.02 Å². The molecule has 0 nitrogen and oxygen atoms in total. The average Bonchev–Trinajstić information content (AvgIpc) is 1.85.